The topological polar surface area (TPSA) is 0 Å². The average molecular weight is 260 g/mol. The van der Waals surface area contributed by atoms with Crippen LogP contribution in [0.1, 0.15) is 55.0 Å². The zero-order valence-electron chi connectivity index (χ0n) is 12.0. The van der Waals surface area contributed by atoms with E-state index in [2.05, 4.69) is 44.4 Å². The van der Waals surface area contributed by atoms with Crippen LogP contribution in [0, 0.1) is 0 Å². The Labute approximate surface area is 116 Å². The first-order chi connectivity index (χ1) is 8.78. The van der Waals surface area contributed by atoms with Gasteiger partial charge in [0.15, 0.2) is 0 Å². The smallest absolute Gasteiger partial charge is 0.0349 e. The van der Waals surface area contributed by atoms with Crippen molar-refractivity contribution in [2.45, 2.75) is 34.1 Å². The van der Waals surface area contributed by atoms with Crippen molar-refractivity contribution in [3.63, 3.8) is 0 Å². The Morgan fingerprint density at radius 3 is 1.89 bits per heavy atom. The molecule has 0 unspecified atom stereocenters. The van der Waals surface area contributed by atoms with E-state index in [1.165, 1.54) is 20.9 Å². The second-order valence-corrected chi connectivity index (χ2v) is 4.46. The largest absolute Gasteiger partial charge is 0.135 e. The van der Waals surface area contributed by atoms with E-state index < -0.39 is 0 Å². The van der Waals surface area contributed by atoms with Crippen molar-refractivity contribution in [1.29, 1.82) is 0 Å². The van der Waals surface area contributed by atoms with Crippen LogP contribution in [0.15, 0.2) is 25.3 Å². The van der Waals surface area contributed by atoms with E-state index in [1.54, 1.807) is 11.3 Å². The van der Waals surface area contributed by atoms with Gasteiger partial charge in [-0.2, -0.15) is 0 Å². The molecular weight excluding hydrogens is 236 g/mol. The highest BCUT2D eigenvalue weighted by molar-refractivity contribution is 7.14. The minimum absolute atomic E-state index is 1.05. The maximum Gasteiger partial charge on any atom is 0.0349 e. The minimum atomic E-state index is 1.05. The van der Waals surface area contributed by atoms with Crippen molar-refractivity contribution in [2.24, 2.45) is 0 Å². The molecule has 0 saturated carbocycles. The van der Waals surface area contributed by atoms with E-state index in [-0.39, 0.29) is 0 Å². The van der Waals surface area contributed by atoms with Gasteiger partial charge in [0.25, 0.3) is 0 Å². The SMILES string of the molecule is C=Cc1sc(C=C)c(/C=C\CC)c1/C=C\C.CC. The predicted octanol–water partition coefficient (Wildman–Crippen LogP) is 6.52. The highest BCUT2D eigenvalue weighted by Gasteiger charge is 2.09. The number of rotatable bonds is 5. The number of thiophene rings is 1. The lowest BCUT2D eigenvalue weighted by Crippen LogP contribution is -1.78. The Kier molecular flexibility index (Phi) is 8.95. The molecule has 0 atom stereocenters. The number of allylic oxidation sites excluding steroid dienone is 2. The zero-order chi connectivity index (χ0) is 14.0. The van der Waals surface area contributed by atoms with Gasteiger partial charge in [0, 0.05) is 9.75 Å². The normalized spacial score (nSPS) is 10.4. The van der Waals surface area contributed by atoms with E-state index in [0.29, 0.717) is 0 Å². The summed E-state index contributed by atoms with van der Waals surface area (Å²) in [7, 11) is 0. The van der Waals surface area contributed by atoms with Crippen LogP contribution < -0.4 is 0 Å². The Morgan fingerprint density at radius 1 is 1.00 bits per heavy atom. The third-order valence-corrected chi connectivity index (χ3v) is 3.48. The lowest BCUT2D eigenvalue weighted by Gasteiger charge is -1.96. The van der Waals surface area contributed by atoms with Crippen LogP contribution in [0.2, 0.25) is 0 Å². The molecule has 0 N–H and O–H groups in total. The van der Waals surface area contributed by atoms with E-state index in [0.717, 1.165) is 6.42 Å². The molecule has 1 heteroatoms. The van der Waals surface area contributed by atoms with Gasteiger partial charge < -0.3 is 0 Å². The molecule has 0 nitrogen and oxygen atoms in total. The maximum atomic E-state index is 3.87. The molecule has 0 fully saturated rings. The van der Waals surface area contributed by atoms with Gasteiger partial charge >= 0.3 is 0 Å². The molecule has 0 amide bonds. The van der Waals surface area contributed by atoms with Gasteiger partial charge in [-0.1, -0.05) is 70.4 Å². The fourth-order valence-corrected chi connectivity index (χ4v) is 2.52. The van der Waals surface area contributed by atoms with E-state index in [9.17, 15) is 0 Å². The first-order valence-corrected chi connectivity index (χ1v) is 7.31. The molecule has 0 aromatic carbocycles. The summed E-state index contributed by atoms with van der Waals surface area (Å²) in [6.07, 6.45) is 13.4. The van der Waals surface area contributed by atoms with E-state index in [4.69, 9.17) is 0 Å². The molecular formula is C17H24S. The monoisotopic (exact) mass is 260 g/mol. The standard InChI is InChI=1S/C15H18S.C2H6/c1-5-9-11-13-12(10-6-2)14(7-3)16-15(13)8-4;1-2/h6-11H,3-5H2,1-2H3;1-2H3/b10-6-,11-9-;. The fraction of sp³-hybridized carbons (Fsp3) is 0.294. The molecule has 1 rings (SSSR count). The molecule has 0 aliphatic carbocycles. The summed E-state index contributed by atoms with van der Waals surface area (Å²) in [4.78, 5) is 2.43. The zero-order valence-corrected chi connectivity index (χ0v) is 12.8. The minimum Gasteiger partial charge on any atom is -0.135 e. The molecule has 18 heavy (non-hydrogen) atoms. The Morgan fingerprint density at radius 2 is 1.50 bits per heavy atom. The first-order valence-electron chi connectivity index (χ1n) is 6.49. The van der Waals surface area contributed by atoms with E-state index >= 15 is 0 Å². The van der Waals surface area contributed by atoms with Crippen LogP contribution in [-0.4, -0.2) is 0 Å². The predicted molar refractivity (Wildman–Crippen MR) is 89.9 cm³/mol. The lowest BCUT2D eigenvalue weighted by atomic mass is 10.1. The fourth-order valence-electron chi connectivity index (χ4n) is 1.54. The highest BCUT2D eigenvalue weighted by Crippen LogP contribution is 2.32. The first kappa shape index (κ1) is 16.7. The molecule has 0 saturated heterocycles. The van der Waals surface area contributed by atoms with Crippen molar-refractivity contribution in [3.05, 3.63) is 46.2 Å². The van der Waals surface area contributed by atoms with Crippen molar-refractivity contribution in [1.82, 2.24) is 0 Å². The molecule has 0 aliphatic rings. The van der Waals surface area contributed by atoms with Gasteiger partial charge in [0.2, 0.25) is 0 Å². The van der Waals surface area contributed by atoms with Crippen molar-refractivity contribution >= 4 is 35.6 Å². The van der Waals surface area contributed by atoms with Crippen molar-refractivity contribution in [2.75, 3.05) is 0 Å². The number of hydrogen-bond donors (Lipinski definition) is 0. The van der Waals surface area contributed by atoms with Crippen molar-refractivity contribution in [3.8, 4) is 0 Å². The summed E-state index contributed by atoms with van der Waals surface area (Å²) in [5, 5.41) is 0. The van der Waals surface area contributed by atoms with Crippen LogP contribution in [0.5, 0.6) is 0 Å². The average Bonchev–Trinajstić information content (AvgIpc) is 2.76. The molecule has 0 radical (unpaired) electrons. The summed E-state index contributed by atoms with van der Waals surface area (Å²) in [6.45, 7) is 15.9. The second kappa shape index (κ2) is 9.67. The molecule has 1 aromatic rings. The van der Waals surface area contributed by atoms with Crippen LogP contribution in [0.4, 0.5) is 0 Å². The highest BCUT2D eigenvalue weighted by atomic mass is 32.1. The number of hydrogen-bond acceptors (Lipinski definition) is 1. The maximum absolute atomic E-state index is 3.87. The van der Waals surface area contributed by atoms with Crippen LogP contribution in [-0.2, 0) is 0 Å². The van der Waals surface area contributed by atoms with Gasteiger partial charge in [-0.05, 0) is 24.5 Å². The van der Waals surface area contributed by atoms with E-state index in [1.807, 2.05) is 32.9 Å². The Hall–Kier alpha value is -1.34. The van der Waals surface area contributed by atoms with Crippen LogP contribution >= 0.6 is 11.3 Å². The molecule has 98 valence electrons. The molecule has 1 aromatic heterocycles. The van der Waals surface area contributed by atoms with Crippen LogP contribution in [0.3, 0.4) is 0 Å². The third-order valence-electron chi connectivity index (χ3n) is 2.27. The Balaban J connectivity index is 0.00000137. The second-order valence-electron chi connectivity index (χ2n) is 3.38. The summed E-state index contributed by atoms with van der Waals surface area (Å²) in [5.41, 5.74) is 2.51. The summed E-state index contributed by atoms with van der Waals surface area (Å²) in [6, 6.07) is 0. The lowest BCUT2D eigenvalue weighted by molar-refractivity contribution is 1.23. The van der Waals surface area contributed by atoms with Gasteiger partial charge in [-0.3, -0.25) is 0 Å². The summed E-state index contributed by atoms with van der Waals surface area (Å²) < 4.78 is 0. The molecule has 0 spiro atoms. The Bertz CT molecular complexity index is 431. The third kappa shape index (κ3) is 4.15. The van der Waals surface area contributed by atoms with Gasteiger partial charge in [-0.15, -0.1) is 11.3 Å². The van der Waals surface area contributed by atoms with Crippen molar-refractivity contribution < 1.29 is 0 Å². The quantitative estimate of drug-likeness (QED) is 0.565. The summed E-state index contributed by atoms with van der Waals surface area (Å²) in [5.74, 6) is 0. The summed E-state index contributed by atoms with van der Waals surface area (Å²) >= 11 is 1.74. The molecule has 0 aliphatic heterocycles. The van der Waals surface area contributed by atoms with Gasteiger partial charge in [0.1, 0.15) is 0 Å². The molecule has 0 bridgehead atoms. The van der Waals surface area contributed by atoms with Crippen LogP contribution in [0.25, 0.3) is 24.3 Å². The van der Waals surface area contributed by atoms with Gasteiger partial charge in [-0.25, -0.2) is 0 Å². The van der Waals surface area contributed by atoms with Gasteiger partial charge in [0.05, 0.1) is 0 Å². The molecule has 1 heterocycles.